The van der Waals surface area contributed by atoms with Crippen molar-refractivity contribution < 1.29 is 4.74 Å². The predicted molar refractivity (Wildman–Crippen MR) is 63.0 cm³/mol. The van der Waals surface area contributed by atoms with Crippen molar-refractivity contribution in [2.24, 2.45) is 0 Å². The van der Waals surface area contributed by atoms with Crippen molar-refractivity contribution in [1.29, 1.82) is 0 Å². The van der Waals surface area contributed by atoms with Gasteiger partial charge in [-0.3, -0.25) is 4.98 Å². The molecule has 0 saturated carbocycles. The van der Waals surface area contributed by atoms with Gasteiger partial charge in [-0.05, 0) is 37.6 Å². The van der Waals surface area contributed by atoms with E-state index in [9.17, 15) is 0 Å². The van der Waals surface area contributed by atoms with Crippen LogP contribution in [-0.2, 0) is 11.3 Å². The predicted octanol–water partition coefficient (Wildman–Crippen LogP) is 1.88. The fourth-order valence-corrected chi connectivity index (χ4v) is 2.00. The van der Waals surface area contributed by atoms with Gasteiger partial charge in [0, 0.05) is 12.7 Å². The summed E-state index contributed by atoms with van der Waals surface area (Å²) in [6.07, 6.45) is 8.65. The minimum atomic E-state index is 0.662. The molecule has 2 rings (SSSR count). The van der Waals surface area contributed by atoms with E-state index < -0.39 is 0 Å². The summed E-state index contributed by atoms with van der Waals surface area (Å²) >= 11 is 0. The zero-order valence-corrected chi connectivity index (χ0v) is 9.69. The molecule has 0 aliphatic carbocycles. The maximum absolute atomic E-state index is 5.63. The van der Waals surface area contributed by atoms with Crippen LogP contribution in [0.4, 0.5) is 0 Å². The summed E-state index contributed by atoms with van der Waals surface area (Å²) < 4.78 is 5.63. The first kappa shape index (κ1) is 11.6. The molecule has 1 saturated heterocycles. The third-order valence-electron chi connectivity index (χ3n) is 2.95. The lowest BCUT2D eigenvalue weighted by atomic mass is 10.1. The molecule has 1 radical (unpaired) electrons. The van der Waals surface area contributed by atoms with Crippen LogP contribution in [0.15, 0.2) is 18.3 Å². The van der Waals surface area contributed by atoms with Crippen molar-refractivity contribution in [1.82, 2.24) is 9.88 Å². The van der Waals surface area contributed by atoms with Crippen molar-refractivity contribution in [3.05, 3.63) is 30.1 Å². The van der Waals surface area contributed by atoms with Gasteiger partial charge in [-0.2, -0.15) is 0 Å². The SMILES string of the molecule is [c]1ccc(COCCN2CCCCC2)cn1. The molecule has 0 aromatic carbocycles. The third kappa shape index (κ3) is 3.91. The second-order valence-electron chi connectivity index (χ2n) is 4.25. The molecule has 0 spiro atoms. The molecule has 1 aliphatic rings. The normalized spacial score (nSPS) is 17.5. The molecule has 1 aromatic heterocycles. The van der Waals surface area contributed by atoms with E-state index in [1.807, 2.05) is 12.1 Å². The largest absolute Gasteiger partial charge is 0.375 e. The maximum Gasteiger partial charge on any atom is 0.0886 e. The van der Waals surface area contributed by atoms with Crippen molar-refractivity contribution in [3.63, 3.8) is 0 Å². The second kappa shape index (κ2) is 6.61. The number of rotatable bonds is 5. The smallest absolute Gasteiger partial charge is 0.0886 e. The van der Waals surface area contributed by atoms with Gasteiger partial charge in [-0.25, -0.2) is 0 Å². The summed E-state index contributed by atoms with van der Waals surface area (Å²) in [5, 5.41) is 0. The standard InChI is InChI=1S/C13H19N2O/c1-2-7-15(8-3-1)9-10-16-12-13-5-4-6-14-11-13/h4-5,11H,1-3,7-10,12H2. The van der Waals surface area contributed by atoms with Gasteiger partial charge >= 0.3 is 0 Å². The highest BCUT2D eigenvalue weighted by atomic mass is 16.5. The molecule has 0 amide bonds. The van der Waals surface area contributed by atoms with Crippen LogP contribution in [0, 0.1) is 6.20 Å². The Balaban J connectivity index is 1.58. The molecule has 0 bridgehead atoms. The molecule has 1 fully saturated rings. The molecule has 1 aromatic rings. The molecule has 16 heavy (non-hydrogen) atoms. The fourth-order valence-electron chi connectivity index (χ4n) is 2.00. The molecule has 3 heteroatoms. The number of nitrogens with zero attached hydrogens (tertiary/aromatic N) is 2. The van der Waals surface area contributed by atoms with Crippen LogP contribution in [0.2, 0.25) is 0 Å². The molecule has 0 atom stereocenters. The molecule has 0 N–H and O–H groups in total. The van der Waals surface area contributed by atoms with Gasteiger partial charge in [0.25, 0.3) is 0 Å². The van der Waals surface area contributed by atoms with Crippen molar-refractivity contribution >= 4 is 0 Å². The quantitative estimate of drug-likeness (QED) is 0.707. The van der Waals surface area contributed by atoms with E-state index >= 15 is 0 Å². The summed E-state index contributed by atoms with van der Waals surface area (Å²) in [7, 11) is 0. The molecule has 3 nitrogen and oxygen atoms in total. The zero-order chi connectivity index (χ0) is 11.1. The lowest BCUT2D eigenvalue weighted by Gasteiger charge is -2.26. The highest BCUT2D eigenvalue weighted by molar-refractivity contribution is 5.05. The minimum Gasteiger partial charge on any atom is -0.375 e. The summed E-state index contributed by atoms with van der Waals surface area (Å²) in [6.45, 7) is 5.02. The van der Waals surface area contributed by atoms with E-state index in [1.54, 1.807) is 6.20 Å². The minimum absolute atomic E-state index is 0.662. The number of hydrogen-bond donors (Lipinski definition) is 0. The molecule has 87 valence electrons. The highest BCUT2D eigenvalue weighted by Gasteiger charge is 2.08. The van der Waals surface area contributed by atoms with Crippen molar-refractivity contribution in [3.8, 4) is 0 Å². The van der Waals surface area contributed by atoms with Crippen LogP contribution in [0.25, 0.3) is 0 Å². The van der Waals surface area contributed by atoms with E-state index in [2.05, 4.69) is 16.1 Å². The van der Waals surface area contributed by atoms with Crippen molar-refractivity contribution in [2.75, 3.05) is 26.2 Å². The van der Waals surface area contributed by atoms with Gasteiger partial charge in [-0.1, -0.05) is 12.5 Å². The van der Waals surface area contributed by atoms with Gasteiger partial charge in [0.2, 0.25) is 0 Å². The third-order valence-corrected chi connectivity index (χ3v) is 2.95. The molecular formula is C13H19N2O. The van der Waals surface area contributed by atoms with E-state index in [1.165, 1.54) is 32.4 Å². The topological polar surface area (TPSA) is 25.4 Å². The Bertz CT molecular complexity index is 283. The number of aromatic nitrogens is 1. The van der Waals surface area contributed by atoms with Crippen LogP contribution >= 0.6 is 0 Å². The zero-order valence-electron chi connectivity index (χ0n) is 9.69. The summed E-state index contributed by atoms with van der Waals surface area (Å²) in [5.74, 6) is 0. The Kier molecular flexibility index (Phi) is 4.77. The van der Waals surface area contributed by atoms with Gasteiger partial charge in [0.15, 0.2) is 0 Å². The number of piperidine rings is 1. The van der Waals surface area contributed by atoms with E-state index in [0.29, 0.717) is 6.61 Å². The summed E-state index contributed by atoms with van der Waals surface area (Å²) in [4.78, 5) is 6.42. The first-order valence-corrected chi connectivity index (χ1v) is 6.06. The molecule has 1 aliphatic heterocycles. The molecule has 0 unspecified atom stereocenters. The number of pyridine rings is 1. The Morgan fingerprint density at radius 3 is 2.94 bits per heavy atom. The number of hydrogen-bond acceptors (Lipinski definition) is 3. The van der Waals surface area contributed by atoms with Crippen molar-refractivity contribution in [2.45, 2.75) is 25.9 Å². The van der Waals surface area contributed by atoms with E-state index in [4.69, 9.17) is 4.74 Å². The van der Waals surface area contributed by atoms with Gasteiger partial charge in [-0.15, -0.1) is 0 Å². The number of likely N-dealkylation sites (tertiary alicyclic amines) is 1. The molecule has 2 heterocycles. The van der Waals surface area contributed by atoms with Crippen LogP contribution in [0.1, 0.15) is 24.8 Å². The Morgan fingerprint density at radius 2 is 2.19 bits per heavy atom. The Morgan fingerprint density at radius 1 is 1.31 bits per heavy atom. The van der Waals surface area contributed by atoms with Crippen LogP contribution in [0.5, 0.6) is 0 Å². The van der Waals surface area contributed by atoms with Gasteiger partial charge < -0.3 is 9.64 Å². The number of ether oxygens (including phenoxy) is 1. The second-order valence-corrected chi connectivity index (χ2v) is 4.25. The first-order valence-electron chi connectivity index (χ1n) is 6.06. The molecular weight excluding hydrogens is 200 g/mol. The monoisotopic (exact) mass is 219 g/mol. The fraction of sp³-hybridized carbons (Fsp3) is 0.615. The lowest BCUT2D eigenvalue weighted by molar-refractivity contribution is 0.0862. The van der Waals surface area contributed by atoms with E-state index in [-0.39, 0.29) is 0 Å². The Labute approximate surface area is 97.4 Å². The summed E-state index contributed by atoms with van der Waals surface area (Å²) in [6, 6.07) is 3.82. The average molecular weight is 219 g/mol. The van der Waals surface area contributed by atoms with Crippen LogP contribution in [-0.4, -0.2) is 36.1 Å². The highest BCUT2D eigenvalue weighted by Crippen LogP contribution is 2.08. The Hall–Kier alpha value is -0.930. The maximum atomic E-state index is 5.63. The summed E-state index contributed by atoms with van der Waals surface area (Å²) in [5.41, 5.74) is 1.12. The van der Waals surface area contributed by atoms with Gasteiger partial charge in [0.1, 0.15) is 0 Å². The van der Waals surface area contributed by atoms with Crippen LogP contribution in [0.3, 0.4) is 0 Å². The van der Waals surface area contributed by atoms with Crippen LogP contribution < -0.4 is 0 Å². The average Bonchev–Trinajstić information content (AvgIpc) is 2.37. The first-order chi connectivity index (χ1) is 7.95. The lowest BCUT2D eigenvalue weighted by Crippen LogP contribution is -2.32. The van der Waals surface area contributed by atoms with E-state index in [0.717, 1.165) is 18.7 Å². The van der Waals surface area contributed by atoms with Gasteiger partial charge in [0.05, 0.1) is 19.4 Å².